The zero-order valence-electron chi connectivity index (χ0n) is 12.5. The van der Waals surface area contributed by atoms with Crippen LogP contribution in [0.3, 0.4) is 0 Å². The van der Waals surface area contributed by atoms with E-state index in [1.54, 1.807) is 0 Å². The Morgan fingerprint density at radius 1 is 1.37 bits per heavy atom. The number of nitrogens with zero attached hydrogens (tertiary/aromatic N) is 2. The van der Waals surface area contributed by atoms with Crippen molar-refractivity contribution in [2.24, 2.45) is 5.92 Å². The Labute approximate surface area is 117 Å². The second-order valence-electron chi connectivity index (χ2n) is 5.71. The maximum absolute atomic E-state index is 3.43. The summed E-state index contributed by atoms with van der Waals surface area (Å²) in [7, 11) is 4.45. The summed E-state index contributed by atoms with van der Waals surface area (Å²) in [6.45, 7) is 7.78. The first-order valence-corrected chi connectivity index (χ1v) is 7.39. The van der Waals surface area contributed by atoms with Crippen molar-refractivity contribution in [2.45, 2.75) is 19.9 Å². The van der Waals surface area contributed by atoms with Gasteiger partial charge in [-0.3, -0.25) is 0 Å². The van der Waals surface area contributed by atoms with E-state index < -0.39 is 0 Å². The normalized spacial score (nSPS) is 19.8. The van der Waals surface area contributed by atoms with Crippen LogP contribution in [0.1, 0.15) is 18.9 Å². The van der Waals surface area contributed by atoms with Gasteiger partial charge >= 0.3 is 0 Å². The molecule has 0 amide bonds. The molecular weight excluding hydrogens is 234 g/mol. The van der Waals surface area contributed by atoms with E-state index >= 15 is 0 Å². The van der Waals surface area contributed by atoms with Crippen molar-refractivity contribution in [1.82, 2.24) is 10.2 Å². The molecule has 1 N–H and O–H groups in total. The first-order valence-electron chi connectivity index (χ1n) is 7.39. The van der Waals surface area contributed by atoms with Gasteiger partial charge in [-0.25, -0.2) is 0 Å². The summed E-state index contributed by atoms with van der Waals surface area (Å²) < 4.78 is 0. The van der Waals surface area contributed by atoms with E-state index in [2.05, 4.69) is 60.4 Å². The van der Waals surface area contributed by atoms with Gasteiger partial charge in [-0.05, 0) is 44.1 Å². The van der Waals surface area contributed by atoms with E-state index in [1.165, 1.54) is 30.8 Å². The molecule has 1 atom stereocenters. The molecule has 1 heterocycles. The molecule has 3 nitrogen and oxygen atoms in total. The Morgan fingerprint density at radius 3 is 2.84 bits per heavy atom. The summed E-state index contributed by atoms with van der Waals surface area (Å²) in [5, 5.41) is 3.43. The summed E-state index contributed by atoms with van der Waals surface area (Å²) in [6, 6.07) is 8.75. The molecule has 1 aromatic rings. The number of nitrogens with one attached hydrogen (secondary N) is 1. The lowest BCUT2D eigenvalue weighted by Gasteiger charge is -2.25. The largest absolute Gasteiger partial charge is 0.374 e. The first kappa shape index (κ1) is 14.4. The van der Waals surface area contributed by atoms with Crippen molar-refractivity contribution in [3.63, 3.8) is 0 Å². The molecule has 0 aliphatic carbocycles. The average Bonchev–Trinajstić information content (AvgIpc) is 2.82. The maximum Gasteiger partial charge on any atom is 0.0409 e. The van der Waals surface area contributed by atoms with Crippen LogP contribution >= 0.6 is 0 Å². The zero-order valence-corrected chi connectivity index (χ0v) is 12.5. The number of para-hydroxylation sites is 1. The molecule has 0 bridgehead atoms. The number of likely N-dealkylation sites (tertiary alicyclic amines) is 1. The van der Waals surface area contributed by atoms with Crippen LogP contribution in [0, 0.1) is 5.92 Å². The third-order valence-corrected chi connectivity index (χ3v) is 3.99. The van der Waals surface area contributed by atoms with Crippen molar-refractivity contribution in [3.8, 4) is 0 Å². The Morgan fingerprint density at radius 2 is 2.16 bits per heavy atom. The van der Waals surface area contributed by atoms with Crippen molar-refractivity contribution in [1.29, 1.82) is 0 Å². The van der Waals surface area contributed by atoms with Gasteiger partial charge in [-0.15, -0.1) is 0 Å². The topological polar surface area (TPSA) is 18.5 Å². The van der Waals surface area contributed by atoms with Crippen LogP contribution in [0.25, 0.3) is 0 Å². The third kappa shape index (κ3) is 3.95. The zero-order chi connectivity index (χ0) is 13.7. The van der Waals surface area contributed by atoms with E-state index in [0.717, 1.165) is 25.6 Å². The van der Waals surface area contributed by atoms with Crippen LogP contribution in [-0.4, -0.2) is 45.2 Å². The lowest BCUT2D eigenvalue weighted by atomic mass is 10.1. The summed E-state index contributed by atoms with van der Waals surface area (Å²) >= 11 is 0. The molecule has 1 aromatic carbocycles. The van der Waals surface area contributed by atoms with Crippen LogP contribution in [-0.2, 0) is 6.54 Å². The summed E-state index contributed by atoms with van der Waals surface area (Å²) in [5.74, 6) is 0.808. The molecule has 1 fully saturated rings. The van der Waals surface area contributed by atoms with E-state index in [1.807, 2.05) is 0 Å². The Kier molecular flexibility index (Phi) is 5.23. The molecule has 0 spiro atoms. The second-order valence-corrected chi connectivity index (χ2v) is 5.71. The third-order valence-electron chi connectivity index (χ3n) is 3.99. The van der Waals surface area contributed by atoms with Gasteiger partial charge in [0.2, 0.25) is 0 Å². The molecule has 3 heteroatoms. The minimum Gasteiger partial charge on any atom is -0.374 e. The summed E-state index contributed by atoms with van der Waals surface area (Å²) in [4.78, 5) is 4.86. The van der Waals surface area contributed by atoms with Crippen molar-refractivity contribution in [3.05, 3.63) is 29.8 Å². The maximum atomic E-state index is 3.43. The smallest absolute Gasteiger partial charge is 0.0409 e. The van der Waals surface area contributed by atoms with Crippen LogP contribution < -0.4 is 10.2 Å². The minimum absolute atomic E-state index is 0.808. The van der Waals surface area contributed by atoms with Gasteiger partial charge in [0.05, 0.1) is 0 Å². The lowest BCUT2D eigenvalue weighted by Crippen LogP contribution is -2.28. The van der Waals surface area contributed by atoms with E-state index in [4.69, 9.17) is 0 Å². The average molecular weight is 261 g/mol. The van der Waals surface area contributed by atoms with Gasteiger partial charge in [-0.1, -0.05) is 25.1 Å². The van der Waals surface area contributed by atoms with Gasteiger partial charge in [0.25, 0.3) is 0 Å². The lowest BCUT2D eigenvalue weighted by molar-refractivity contribution is 0.396. The van der Waals surface area contributed by atoms with Crippen molar-refractivity contribution in [2.75, 3.05) is 45.2 Å². The van der Waals surface area contributed by atoms with Crippen LogP contribution in [0.15, 0.2) is 24.3 Å². The fourth-order valence-electron chi connectivity index (χ4n) is 2.95. The highest BCUT2D eigenvalue weighted by Crippen LogP contribution is 2.22. The Hall–Kier alpha value is -1.06. The number of hydrogen-bond donors (Lipinski definition) is 1. The van der Waals surface area contributed by atoms with Crippen LogP contribution in [0.5, 0.6) is 0 Å². The highest BCUT2D eigenvalue weighted by molar-refractivity contribution is 5.53. The predicted molar refractivity (Wildman–Crippen MR) is 82.7 cm³/mol. The van der Waals surface area contributed by atoms with Crippen molar-refractivity contribution >= 4 is 5.69 Å². The fourth-order valence-corrected chi connectivity index (χ4v) is 2.95. The number of benzene rings is 1. The molecule has 2 rings (SSSR count). The van der Waals surface area contributed by atoms with E-state index in [0.29, 0.717) is 0 Å². The highest BCUT2D eigenvalue weighted by atomic mass is 15.2. The fraction of sp³-hybridized carbons (Fsp3) is 0.625. The van der Waals surface area contributed by atoms with Gasteiger partial charge in [-0.2, -0.15) is 0 Å². The number of hydrogen-bond acceptors (Lipinski definition) is 3. The summed E-state index contributed by atoms with van der Waals surface area (Å²) in [5.41, 5.74) is 2.77. The van der Waals surface area contributed by atoms with Gasteiger partial charge in [0.15, 0.2) is 0 Å². The Bertz CT molecular complexity index is 391. The SMILES string of the molecule is CCNCc1ccccc1N(C)CC1CCN(C)C1. The molecule has 1 aliphatic heterocycles. The predicted octanol–water partition coefficient (Wildman–Crippen LogP) is 2.18. The quantitative estimate of drug-likeness (QED) is 0.847. The molecule has 0 saturated carbocycles. The molecule has 1 saturated heterocycles. The standard InChI is InChI=1S/C16H27N3/c1-4-17-11-15-7-5-6-8-16(15)19(3)13-14-9-10-18(2)12-14/h5-8,14,17H,4,9-13H2,1-3H3. The summed E-state index contributed by atoms with van der Waals surface area (Å²) in [6.07, 6.45) is 1.33. The molecule has 106 valence electrons. The monoisotopic (exact) mass is 261 g/mol. The van der Waals surface area contributed by atoms with Gasteiger partial charge in [0.1, 0.15) is 0 Å². The molecule has 19 heavy (non-hydrogen) atoms. The van der Waals surface area contributed by atoms with Crippen LogP contribution in [0.4, 0.5) is 5.69 Å². The second kappa shape index (κ2) is 6.92. The molecule has 1 unspecified atom stereocenters. The molecule has 1 aliphatic rings. The molecular formula is C16H27N3. The van der Waals surface area contributed by atoms with Gasteiger partial charge < -0.3 is 15.1 Å². The van der Waals surface area contributed by atoms with E-state index in [9.17, 15) is 0 Å². The Balaban J connectivity index is 1.99. The van der Waals surface area contributed by atoms with Crippen molar-refractivity contribution < 1.29 is 0 Å². The minimum atomic E-state index is 0.808. The highest BCUT2D eigenvalue weighted by Gasteiger charge is 2.21. The number of rotatable bonds is 6. The molecule has 0 radical (unpaired) electrons. The van der Waals surface area contributed by atoms with Gasteiger partial charge in [0, 0.05) is 32.4 Å². The van der Waals surface area contributed by atoms with Crippen LogP contribution in [0.2, 0.25) is 0 Å². The van der Waals surface area contributed by atoms with E-state index in [-0.39, 0.29) is 0 Å². The molecule has 0 aromatic heterocycles. The number of anilines is 1. The first-order chi connectivity index (χ1) is 9.20.